The van der Waals surface area contributed by atoms with Gasteiger partial charge in [0, 0.05) is 43.8 Å². The molecule has 0 unspecified atom stereocenters. The average molecular weight is 371 g/mol. The third-order valence-corrected chi connectivity index (χ3v) is 4.80. The molecule has 0 aromatic carbocycles. The van der Waals surface area contributed by atoms with E-state index in [0.717, 1.165) is 32.2 Å². The van der Waals surface area contributed by atoms with Crippen molar-refractivity contribution in [2.24, 2.45) is 5.92 Å². The third-order valence-electron chi connectivity index (χ3n) is 4.80. The van der Waals surface area contributed by atoms with E-state index in [-0.39, 0.29) is 23.8 Å². The quantitative estimate of drug-likeness (QED) is 0.684. The van der Waals surface area contributed by atoms with Crippen molar-refractivity contribution in [3.63, 3.8) is 0 Å². The molecule has 144 valence electrons. The van der Waals surface area contributed by atoms with Gasteiger partial charge in [0.1, 0.15) is 0 Å². The molecule has 3 rings (SSSR count). The van der Waals surface area contributed by atoms with E-state index in [9.17, 15) is 9.59 Å². The molecule has 27 heavy (non-hydrogen) atoms. The van der Waals surface area contributed by atoms with E-state index in [2.05, 4.69) is 20.7 Å². The van der Waals surface area contributed by atoms with Crippen LogP contribution in [0.3, 0.4) is 0 Å². The Hall–Kier alpha value is -2.90. The molecule has 2 aromatic rings. The lowest BCUT2D eigenvalue weighted by molar-refractivity contribution is -0.125. The summed E-state index contributed by atoms with van der Waals surface area (Å²) >= 11 is 0. The van der Waals surface area contributed by atoms with E-state index in [0.29, 0.717) is 18.0 Å². The van der Waals surface area contributed by atoms with Crippen molar-refractivity contribution in [2.45, 2.75) is 38.3 Å². The fraction of sp³-hybridized carbons (Fsp3) is 0.474. The molecule has 0 aliphatic heterocycles. The first-order chi connectivity index (χ1) is 13.2. The Morgan fingerprint density at radius 2 is 2.22 bits per heavy atom. The van der Waals surface area contributed by atoms with Crippen molar-refractivity contribution in [3.05, 3.63) is 42.4 Å². The van der Waals surface area contributed by atoms with Crippen molar-refractivity contribution >= 4 is 11.8 Å². The molecule has 8 nitrogen and oxygen atoms in total. The molecule has 0 spiro atoms. The summed E-state index contributed by atoms with van der Waals surface area (Å²) in [7, 11) is 1.53. The first-order valence-electron chi connectivity index (χ1n) is 9.23. The maximum atomic E-state index is 12.5. The Bertz CT molecular complexity index is 745. The van der Waals surface area contributed by atoms with Gasteiger partial charge in [-0.1, -0.05) is 6.42 Å². The highest BCUT2D eigenvalue weighted by atomic mass is 16.5. The monoisotopic (exact) mass is 371 g/mol. The molecular weight excluding hydrogens is 346 g/mol. The SMILES string of the molecule is COc1ccc(C(=O)N[C@@H]2CCC[C@@H]2C(=O)NCCCn2cccn2)cn1. The highest BCUT2D eigenvalue weighted by Crippen LogP contribution is 2.26. The number of nitrogens with zero attached hydrogens (tertiary/aromatic N) is 3. The molecule has 2 atom stereocenters. The molecule has 2 aromatic heterocycles. The second-order valence-electron chi connectivity index (χ2n) is 6.62. The molecular formula is C19H25N5O3. The van der Waals surface area contributed by atoms with Crippen molar-refractivity contribution in [1.29, 1.82) is 0 Å². The Balaban J connectivity index is 1.46. The fourth-order valence-electron chi connectivity index (χ4n) is 3.35. The molecule has 2 N–H and O–H groups in total. The Kier molecular flexibility index (Phi) is 6.40. The molecule has 1 aliphatic carbocycles. The van der Waals surface area contributed by atoms with E-state index < -0.39 is 0 Å². The fourth-order valence-corrected chi connectivity index (χ4v) is 3.35. The lowest BCUT2D eigenvalue weighted by Crippen LogP contribution is -2.44. The van der Waals surface area contributed by atoms with Gasteiger partial charge in [-0.25, -0.2) is 4.98 Å². The first-order valence-corrected chi connectivity index (χ1v) is 9.23. The van der Waals surface area contributed by atoms with Crippen molar-refractivity contribution in [3.8, 4) is 5.88 Å². The number of hydrogen-bond donors (Lipinski definition) is 2. The number of hydrogen-bond acceptors (Lipinski definition) is 5. The topological polar surface area (TPSA) is 98.1 Å². The van der Waals surface area contributed by atoms with Crippen molar-refractivity contribution in [1.82, 2.24) is 25.4 Å². The van der Waals surface area contributed by atoms with E-state index in [1.165, 1.54) is 13.3 Å². The van der Waals surface area contributed by atoms with Crippen molar-refractivity contribution < 1.29 is 14.3 Å². The predicted octanol–water partition coefficient (Wildman–Crippen LogP) is 1.39. The van der Waals surface area contributed by atoms with Gasteiger partial charge >= 0.3 is 0 Å². The highest BCUT2D eigenvalue weighted by molar-refractivity contribution is 5.94. The maximum absolute atomic E-state index is 12.5. The van der Waals surface area contributed by atoms with Gasteiger partial charge in [0.15, 0.2) is 0 Å². The van der Waals surface area contributed by atoms with E-state index in [4.69, 9.17) is 4.74 Å². The van der Waals surface area contributed by atoms with Gasteiger partial charge < -0.3 is 15.4 Å². The third kappa shape index (κ3) is 5.06. The van der Waals surface area contributed by atoms with Gasteiger partial charge in [-0.3, -0.25) is 14.3 Å². The number of aryl methyl sites for hydroxylation is 1. The maximum Gasteiger partial charge on any atom is 0.253 e. The minimum atomic E-state index is -0.214. The molecule has 0 radical (unpaired) electrons. The first kappa shape index (κ1) is 18.9. The smallest absolute Gasteiger partial charge is 0.253 e. The largest absolute Gasteiger partial charge is 0.481 e. The van der Waals surface area contributed by atoms with Crippen LogP contribution < -0.4 is 15.4 Å². The van der Waals surface area contributed by atoms with E-state index >= 15 is 0 Å². The van der Waals surface area contributed by atoms with Crippen LogP contribution in [0, 0.1) is 5.92 Å². The summed E-state index contributed by atoms with van der Waals surface area (Å²) in [5.74, 6) is 0.0595. The number of methoxy groups -OCH3 is 1. The summed E-state index contributed by atoms with van der Waals surface area (Å²) in [6.07, 6.45) is 8.46. The molecule has 0 bridgehead atoms. The van der Waals surface area contributed by atoms with Crippen LogP contribution >= 0.6 is 0 Å². The number of amides is 2. The minimum absolute atomic E-state index is 0.00567. The number of carbonyl (C=O) groups is 2. The summed E-state index contributed by atoms with van der Waals surface area (Å²) in [4.78, 5) is 29.0. The Morgan fingerprint density at radius 1 is 1.33 bits per heavy atom. The van der Waals surface area contributed by atoms with Crippen LogP contribution in [0.4, 0.5) is 0 Å². The van der Waals surface area contributed by atoms with E-state index in [1.807, 2.05) is 16.9 Å². The number of pyridine rings is 1. The standard InChI is InChI=1S/C19H25N5O3/c1-27-17-8-7-14(13-21-17)18(25)23-16-6-2-5-15(16)19(26)20-9-3-11-24-12-4-10-22-24/h4,7-8,10,12-13,15-16H,2-3,5-6,9,11H2,1H3,(H,20,26)(H,23,25)/t15-,16+/m0/s1. The number of ether oxygens (including phenoxy) is 1. The van der Waals surface area contributed by atoms with Gasteiger partial charge in [-0.2, -0.15) is 5.10 Å². The van der Waals surface area contributed by atoms with Crippen LogP contribution in [0.5, 0.6) is 5.88 Å². The van der Waals surface area contributed by atoms with Gasteiger partial charge in [0.05, 0.1) is 18.6 Å². The zero-order valence-electron chi connectivity index (χ0n) is 15.4. The second kappa shape index (κ2) is 9.16. The number of carbonyl (C=O) groups excluding carboxylic acids is 2. The molecule has 2 amide bonds. The van der Waals surface area contributed by atoms with E-state index in [1.54, 1.807) is 18.3 Å². The highest BCUT2D eigenvalue weighted by Gasteiger charge is 2.34. The predicted molar refractivity (Wildman–Crippen MR) is 99.2 cm³/mol. The summed E-state index contributed by atoms with van der Waals surface area (Å²) in [5.41, 5.74) is 0.459. The second-order valence-corrected chi connectivity index (χ2v) is 6.62. The summed E-state index contributed by atoms with van der Waals surface area (Å²) in [6, 6.07) is 5.04. The van der Waals surface area contributed by atoms with Gasteiger partial charge in [-0.15, -0.1) is 0 Å². The van der Waals surface area contributed by atoms with Crippen LogP contribution in [0.25, 0.3) is 0 Å². The number of aromatic nitrogens is 3. The summed E-state index contributed by atoms with van der Waals surface area (Å²) in [6.45, 7) is 1.36. The minimum Gasteiger partial charge on any atom is -0.481 e. The van der Waals surface area contributed by atoms with Crippen LogP contribution in [-0.4, -0.2) is 46.3 Å². The van der Waals surface area contributed by atoms with Crippen LogP contribution in [0.15, 0.2) is 36.8 Å². The molecule has 1 fully saturated rings. The zero-order chi connectivity index (χ0) is 19.1. The Morgan fingerprint density at radius 3 is 2.93 bits per heavy atom. The summed E-state index contributed by atoms with van der Waals surface area (Å²) in [5, 5.41) is 10.1. The molecule has 1 aliphatic rings. The normalized spacial score (nSPS) is 18.9. The van der Waals surface area contributed by atoms with Gasteiger partial charge in [0.2, 0.25) is 11.8 Å². The molecule has 2 heterocycles. The average Bonchev–Trinajstić information content (AvgIpc) is 3.37. The molecule has 1 saturated carbocycles. The summed E-state index contributed by atoms with van der Waals surface area (Å²) < 4.78 is 6.84. The number of nitrogens with one attached hydrogen (secondary N) is 2. The Labute approximate surface area is 158 Å². The zero-order valence-corrected chi connectivity index (χ0v) is 15.4. The lowest BCUT2D eigenvalue weighted by atomic mass is 10.0. The van der Waals surface area contributed by atoms with Gasteiger partial charge in [0.25, 0.3) is 5.91 Å². The number of rotatable bonds is 8. The lowest BCUT2D eigenvalue weighted by Gasteiger charge is -2.20. The van der Waals surface area contributed by atoms with Crippen LogP contribution in [0.1, 0.15) is 36.0 Å². The molecule has 0 saturated heterocycles. The van der Waals surface area contributed by atoms with Crippen LogP contribution in [-0.2, 0) is 11.3 Å². The van der Waals surface area contributed by atoms with Gasteiger partial charge in [-0.05, 0) is 31.4 Å². The van der Waals surface area contributed by atoms with Crippen LogP contribution in [0.2, 0.25) is 0 Å². The van der Waals surface area contributed by atoms with Crippen molar-refractivity contribution in [2.75, 3.05) is 13.7 Å². The molecule has 8 heteroatoms.